The summed E-state index contributed by atoms with van der Waals surface area (Å²) in [6.07, 6.45) is 1.39. The van der Waals surface area contributed by atoms with Gasteiger partial charge < -0.3 is 9.84 Å². The van der Waals surface area contributed by atoms with E-state index in [2.05, 4.69) is 16.7 Å². The van der Waals surface area contributed by atoms with E-state index < -0.39 is 11.8 Å². The van der Waals surface area contributed by atoms with Crippen LogP contribution in [0.2, 0.25) is 0 Å². The summed E-state index contributed by atoms with van der Waals surface area (Å²) in [6, 6.07) is 13.7. The molecule has 0 saturated carbocycles. The molecule has 5 heteroatoms. The lowest BCUT2D eigenvalue weighted by Crippen LogP contribution is -2.35. The highest BCUT2D eigenvalue weighted by molar-refractivity contribution is 5.87. The van der Waals surface area contributed by atoms with Crippen LogP contribution in [0.1, 0.15) is 27.0 Å². The van der Waals surface area contributed by atoms with Crippen molar-refractivity contribution < 1.29 is 19.0 Å². The largest absolute Gasteiger partial charge is 0.478 e. The van der Waals surface area contributed by atoms with Crippen LogP contribution in [0.25, 0.3) is 6.08 Å². The average molecular weight is 365 g/mol. The van der Waals surface area contributed by atoms with Crippen molar-refractivity contribution in [3.63, 3.8) is 0 Å². The number of carboxylic acid groups (broad SMARTS) is 1. The number of benzene rings is 2. The molecule has 3 rings (SSSR count). The summed E-state index contributed by atoms with van der Waals surface area (Å²) in [5.74, 6) is 3.60. The van der Waals surface area contributed by atoms with Crippen molar-refractivity contribution in [3.8, 4) is 11.8 Å². The highest BCUT2D eigenvalue weighted by atomic mass is 19.1. The molecular weight excluding hydrogens is 345 g/mol. The van der Waals surface area contributed by atoms with Gasteiger partial charge in [0.1, 0.15) is 0 Å². The third-order valence-electron chi connectivity index (χ3n) is 4.24. The average Bonchev–Trinajstić information content (AvgIpc) is 2.69. The zero-order valence-corrected chi connectivity index (χ0v) is 14.8. The van der Waals surface area contributed by atoms with Crippen LogP contribution in [0.5, 0.6) is 0 Å². The highest BCUT2D eigenvalue weighted by Crippen LogP contribution is 2.12. The fourth-order valence-electron chi connectivity index (χ4n) is 2.75. The van der Waals surface area contributed by atoms with Gasteiger partial charge in [0.05, 0.1) is 18.8 Å². The minimum atomic E-state index is -1.00. The molecule has 0 aliphatic carbocycles. The Morgan fingerprint density at radius 2 is 1.78 bits per heavy atom. The van der Waals surface area contributed by atoms with Crippen LogP contribution in [0.15, 0.2) is 54.4 Å². The number of carbonyl (C=O) groups is 1. The Morgan fingerprint density at radius 1 is 1.11 bits per heavy atom. The van der Waals surface area contributed by atoms with Gasteiger partial charge >= 0.3 is 5.97 Å². The van der Waals surface area contributed by atoms with E-state index >= 15 is 0 Å². The maximum Gasteiger partial charge on any atom is 0.335 e. The molecule has 1 fully saturated rings. The van der Waals surface area contributed by atoms with E-state index in [0.717, 1.165) is 38.4 Å². The Balaban J connectivity index is 1.61. The molecule has 2 aromatic rings. The molecule has 0 radical (unpaired) electrons. The summed E-state index contributed by atoms with van der Waals surface area (Å²) < 4.78 is 19.4. The minimum Gasteiger partial charge on any atom is -0.478 e. The molecule has 1 saturated heterocycles. The first-order valence-electron chi connectivity index (χ1n) is 8.72. The summed E-state index contributed by atoms with van der Waals surface area (Å²) in [6.45, 7) is 4.26. The Kier molecular flexibility index (Phi) is 6.37. The quantitative estimate of drug-likeness (QED) is 0.842. The van der Waals surface area contributed by atoms with Crippen LogP contribution in [0.4, 0.5) is 4.39 Å². The molecule has 27 heavy (non-hydrogen) atoms. The van der Waals surface area contributed by atoms with E-state index in [1.807, 2.05) is 24.3 Å². The Hall–Kier alpha value is -2.94. The highest BCUT2D eigenvalue weighted by Gasteiger charge is 2.10. The van der Waals surface area contributed by atoms with Gasteiger partial charge in [-0.15, -0.1) is 0 Å². The zero-order valence-electron chi connectivity index (χ0n) is 14.8. The molecule has 138 valence electrons. The van der Waals surface area contributed by atoms with Gasteiger partial charge in [-0.05, 0) is 47.4 Å². The molecule has 0 bridgehead atoms. The molecule has 0 unspecified atom stereocenters. The second kappa shape index (κ2) is 9.13. The molecule has 4 nitrogen and oxygen atoms in total. The molecule has 1 N–H and O–H groups in total. The second-order valence-corrected chi connectivity index (χ2v) is 6.25. The molecule has 0 atom stereocenters. The van der Waals surface area contributed by atoms with Gasteiger partial charge in [-0.25, -0.2) is 4.79 Å². The van der Waals surface area contributed by atoms with Gasteiger partial charge in [-0.2, -0.15) is 4.39 Å². The van der Waals surface area contributed by atoms with Gasteiger partial charge in [0.15, 0.2) is 5.83 Å². The summed E-state index contributed by atoms with van der Waals surface area (Å²) in [5, 5.41) is 8.86. The van der Waals surface area contributed by atoms with E-state index in [0.29, 0.717) is 5.56 Å². The van der Waals surface area contributed by atoms with E-state index in [1.54, 1.807) is 12.1 Å². The van der Waals surface area contributed by atoms with E-state index in [-0.39, 0.29) is 5.56 Å². The van der Waals surface area contributed by atoms with Gasteiger partial charge in [0.25, 0.3) is 0 Å². The molecule has 1 aliphatic heterocycles. The Morgan fingerprint density at radius 3 is 2.41 bits per heavy atom. The van der Waals surface area contributed by atoms with Gasteiger partial charge in [0, 0.05) is 25.2 Å². The third kappa shape index (κ3) is 5.78. The topological polar surface area (TPSA) is 49.8 Å². The number of hydrogen-bond donors (Lipinski definition) is 1. The smallest absolute Gasteiger partial charge is 0.335 e. The van der Waals surface area contributed by atoms with Crippen molar-refractivity contribution in [2.75, 3.05) is 26.3 Å². The summed E-state index contributed by atoms with van der Waals surface area (Å²) in [7, 11) is 0. The maximum atomic E-state index is 14.0. The van der Waals surface area contributed by atoms with Crippen molar-refractivity contribution in [3.05, 3.63) is 76.6 Å². The number of carboxylic acids is 1. The van der Waals surface area contributed by atoms with Crippen molar-refractivity contribution in [1.29, 1.82) is 0 Å². The number of rotatable bonds is 4. The number of morpholine rings is 1. The van der Waals surface area contributed by atoms with Crippen LogP contribution in [-0.2, 0) is 11.3 Å². The number of aromatic carboxylic acids is 1. The van der Waals surface area contributed by atoms with Crippen LogP contribution in [-0.4, -0.2) is 42.3 Å². The van der Waals surface area contributed by atoms with Crippen molar-refractivity contribution in [1.82, 2.24) is 4.90 Å². The van der Waals surface area contributed by atoms with Gasteiger partial charge in [0.2, 0.25) is 0 Å². The molecule has 1 heterocycles. The fraction of sp³-hybridized carbons (Fsp3) is 0.227. The van der Waals surface area contributed by atoms with Gasteiger partial charge in [-0.3, -0.25) is 4.90 Å². The Bertz CT molecular complexity index is 871. The third-order valence-corrected chi connectivity index (χ3v) is 4.24. The predicted molar refractivity (Wildman–Crippen MR) is 102 cm³/mol. The SMILES string of the molecule is O=C(O)c1ccc(C#C/C(F)=C\c2ccc(CN3CCOCC3)cc2)cc1. The molecule has 0 aromatic heterocycles. The van der Waals surface area contributed by atoms with Gasteiger partial charge in [-0.1, -0.05) is 30.2 Å². The van der Waals surface area contributed by atoms with Crippen LogP contribution >= 0.6 is 0 Å². The normalized spacial score (nSPS) is 15.1. The lowest BCUT2D eigenvalue weighted by Gasteiger charge is -2.26. The molecule has 0 amide bonds. The molecule has 0 spiro atoms. The number of allylic oxidation sites excluding steroid dienone is 1. The number of hydrogen-bond acceptors (Lipinski definition) is 3. The van der Waals surface area contributed by atoms with Crippen LogP contribution < -0.4 is 0 Å². The second-order valence-electron chi connectivity index (χ2n) is 6.25. The Labute approximate surface area is 157 Å². The zero-order chi connectivity index (χ0) is 19.1. The fourth-order valence-corrected chi connectivity index (χ4v) is 2.75. The number of ether oxygens (including phenoxy) is 1. The van der Waals surface area contributed by atoms with E-state index in [4.69, 9.17) is 9.84 Å². The van der Waals surface area contributed by atoms with Crippen LogP contribution in [0.3, 0.4) is 0 Å². The number of nitrogens with zero attached hydrogens (tertiary/aromatic N) is 1. The van der Waals surface area contributed by atoms with E-state index in [9.17, 15) is 9.18 Å². The van der Waals surface area contributed by atoms with Crippen molar-refractivity contribution in [2.45, 2.75) is 6.54 Å². The lowest BCUT2D eigenvalue weighted by atomic mass is 10.1. The van der Waals surface area contributed by atoms with E-state index in [1.165, 1.54) is 23.8 Å². The first-order chi connectivity index (χ1) is 13.1. The molecule has 2 aromatic carbocycles. The standard InChI is InChI=1S/C22H20FNO3/c23-21(10-7-17-5-8-20(9-6-17)22(25)26)15-18-1-3-19(4-2-18)16-24-11-13-27-14-12-24/h1-6,8-9,15H,11-14,16H2,(H,25,26)/b21-15+. The first kappa shape index (κ1) is 18.8. The summed E-state index contributed by atoms with van der Waals surface area (Å²) in [4.78, 5) is 13.1. The number of halogens is 1. The van der Waals surface area contributed by atoms with Crippen LogP contribution in [0, 0.1) is 11.8 Å². The van der Waals surface area contributed by atoms with Crippen molar-refractivity contribution >= 4 is 12.0 Å². The molecular formula is C22H20FNO3. The first-order valence-corrected chi connectivity index (χ1v) is 8.72. The lowest BCUT2D eigenvalue weighted by molar-refractivity contribution is 0.0342. The summed E-state index contributed by atoms with van der Waals surface area (Å²) >= 11 is 0. The van der Waals surface area contributed by atoms with Crippen molar-refractivity contribution in [2.24, 2.45) is 0 Å². The minimum absolute atomic E-state index is 0.175. The monoisotopic (exact) mass is 365 g/mol. The summed E-state index contributed by atoms with van der Waals surface area (Å²) in [5.41, 5.74) is 2.66. The maximum absolute atomic E-state index is 14.0. The predicted octanol–water partition coefficient (Wildman–Crippen LogP) is 3.58. The molecule has 1 aliphatic rings.